The van der Waals surface area contributed by atoms with Crippen LogP contribution in [0.1, 0.15) is 22.5 Å². The molecule has 3 heterocycles. The Labute approximate surface area is 197 Å². The molecule has 6 nitrogen and oxygen atoms in total. The molecule has 0 fully saturated rings. The van der Waals surface area contributed by atoms with E-state index in [1.165, 1.54) is 0 Å². The zero-order valence-electron chi connectivity index (χ0n) is 18.6. The van der Waals surface area contributed by atoms with Gasteiger partial charge in [-0.1, -0.05) is 18.2 Å². The van der Waals surface area contributed by atoms with Crippen LogP contribution >= 0.6 is 0 Å². The van der Waals surface area contributed by atoms with Crippen molar-refractivity contribution in [2.45, 2.75) is 0 Å². The summed E-state index contributed by atoms with van der Waals surface area (Å²) in [6.45, 7) is 3.46. The van der Waals surface area contributed by atoms with Gasteiger partial charge in [-0.15, -0.1) is 0 Å². The maximum Gasteiger partial charge on any atom is 0.134 e. The van der Waals surface area contributed by atoms with Crippen molar-refractivity contribution in [3.05, 3.63) is 95.2 Å². The highest BCUT2D eigenvalue weighted by Crippen LogP contribution is 2.25. The lowest BCUT2D eigenvalue weighted by Gasteiger charge is -2.07. The lowest BCUT2D eigenvalue weighted by Crippen LogP contribution is -2.19. The minimum absolute atomic E-state index is 0.793. The van der Waals surface area contributed by atoms with E-state index in [0.717, 1.165) is 82.8 Å². The highest BCUT2D eigenvalue weighted by molar-refractivity contribution is 6.02. The molecular formula is C28H24N4O2. The minimum atomic E-state index is 0.793. The number of benzene rings is 3. The monoisotopic (exact) mass is 448 g/mol. The second-order valence-corrected chi connectivity index (χ2v) is 8.24. The van der Waals surface area contributed by atoms with Crippen molar-refractivity contribution in [3.63, 3.8) is 0 Å². The Hall–Kier alpha value is -4.32. The molecule has 0 saturated heterocycles. The smallest absolute Gasteiger partial charge is 0.134 e. The van der Waals surface area contributed by atoms with Crippen molar-refractivity contribution in [1.82, 2.24) is 10.6 Å². The summed E-state index contributed by atoms with van der Waals surface area (Å²) in [5, 5.41) is 7.66. The van der Waals surface area contributed by atoms with Gasteiger partial charge >= 0.3 is 0 Å². The van der Waals surface area contributed by atoms with Crippen molar-refractivity contribution in [2.24, 2.45) is 9.98 Å². The Morgan fingerprint density at radius 1 is 0.706 bits per heavy atom. The van der Waals surface area contributed by atoms with Crippen LogP contribution in [0.3, 0.4) is 0 Å². The third-order valence-electron chi connectivity index (χ3n) is 5.84. The van der Waals surface area contributed by atoms with Gasteiger partial charge < -0.3 is 19.8 Å². The van der Waals surface area contributed by atoms with Crippen molar-refractivity contribution in [1.29, 1.82) is 0 Å². The summed E-state index contributed by atoms with van der Waals surface area (Å²) in [5.74, 6) is 4.31. The van der Waals surface area contributed by atoms with Crippen LogP contribution in [0.25, 0.3) is 23.1 Å². The summed E-state index contributed by atoms with van der Waals surface area (Å²) in [5.41, 5.74) is 4.11. The Kier molecular flexibility index (Phi) is 5.32. The van der Waals surface area contributed by atoms with Crippen molar-refractivity contribution < 1.29 is 9.15 Å². The molecule has 0 aliphatic carbocycles. The molecule has 6 heteroatoms. The molecule has 2 aliphatic rings. The molecule has 6 rings (SSSR count). The summed E-state index contributed by atoms with van der Waals surface area (Å²) >= 11 is 0. The fourth-order valence-electron chi connectivity index (χ4n) is 4.12. The Morgan fingerprint density at radius 2 is 1.35 bits per heavy atom. The molecule has 0 spiro atoms. The van der Waals surface area contributed by atoms with Crippen LogP contribution in [0.15, 0.2) is 87.2 Å². The van der Waals surface area contributed by atoms with E-state index in [1.807, 2.05) is 72.8 Å². The predicted octanol–water partition coefficient (Wildman–Crippen LogP) is 5.10. The first kappa shape index (κ1) is 20.3. The van der Waals surface area contributed by atoms with Crippen molar-refractivity contribution in [2.75, 3.05) is 26.2 Å². The molecule has 0 saturated carbocycles. The Balaban J connectivity index is 1.12. The number of amidine groups is 2. The second-order valence-electron chi connectivity index (χ2n) is 8.24. The van der Waals surface area contributed by atoms with E-state index in [2.05, 4.69) is 32.8 Å². The van der Waals surface area contributed by atoms with Gasteiger partial charge in [0, 0.05) is 29.6 Å². The standard InChI is InChI=1S/C28H24N4O2/c1-7-23(33-24-10-4-20(5-11-24)27-29-13-14-30-27)8-2-19(1)3-9-25-18-22-17-21(6-12-26(22)34-25)28-31-15-16-32-28/h1-12,17-18H,13-16H2,(H,29,30)(H,31,32). The zero-order valence-corrected chi connectivity index (χ0v) is 18.6. The van der Waals surface area contributed by atoms with Gasteiger partial charge in [0.15, 0.2) is 0 Å². The maximum atomic E-state index is 5.99. The van der Waals surface area contributed by atoms with Gasteiger partial charge in [0.2, 0.25) is 0 Å². The third kappa shape index (κ3) is 4.30. The number of rotatable bonds is 6. The molecular weight excluding hydrogens is 424 g/mol. The average molecular weight is 449 g/mol. The molecule has 0 unspecified atom stereocenters. The van der Waals surface area contributed by atoms with Gasteiger partial charge in [0.25, 0.3) is 0 Å². The number of fused-ring (bicyclic) bond motifs is 1. The number of nitrogens with zero attached hydrogens (tertiary/aromatic N) is 2. The number of furan rings is 1. The highest BCUT2D eigenvalue weighted by atomic mass is 16.5. The number of nitrogens with one attached hydrogen (secondary N) is 2. The molecule has 0 atom stereocenters. The van der Waals surface area contributed by atoms with E-state index in [0.29, 0.717) is 0 Å². The van der Waals surface area contributed by atoms with Crippen LogP contribution in [0.5, 0.6) is 11.5 Å². The minimum Gasteiger partial charge on any atom is -0.457 e. The van der Waals surface area contributed by atoms with Gasteiger partial charge in [0.1, 0.15) is 34.5 Å². The van der Waals surface area contributed by atoms with E-state index in [4.69, 9.17) is 9.15 Å². The Morgan fingerprint density at radius 3 is 2.03 bits per heavy atom. The predicted molar refractivity (Wildman–Crippen MR) is 137 cm³/mol. The fourth-order valence-corrected chi connectivity index (χ4v) is 4.12. The van der Waals surface area contributed by atoms with Gasteiger partial charge in [-0.05, 0) is 72.3 Å². The van der Waals surface area contributed by atoms with Gasteiger partial charge in [-0.3, -0.25) is 9.98 Å². The van der Waals surface area contributed by atoms with Gasteiger partial charge in [0.05, 0.1) is 13.1 Å². The second kappa shape index (κ2) is 8.90. The SMILES string of the molecule is C(=Cc1cc2cc(C3=NCCN3)ccc2o1)c1ccc(Oc2ccc(C3=NCCN3)cc2)cc1. The van der Waals surface area contributed by atoms with Crippen LogP contribution in [0, 0.1) is 0 Å². The van der Waals surface area contributed by atoms with Crippen molar-refractivity contribution >= 4 is 34.8 Å². The molecule has 1 aromatic heterocycles. The summed E-state index contributed by atoms with van der Waals surface area (Å²) in [7, 11) is 0. The molecule has 0 amide bonds. The zero-order chi connectivity index (χ0) is 22.7. The Bertz CT molecular complexity index is 1410. The molecule has 3 aromatic carbocycles. The van der Waals surface area contributed by atoms with E-state index in [-0.39, 0.29) is 0 Å². The molecule has 168 valence electrons. The van der Waals surface area contributed by atoms with Gasteiger partial charge in [-0.25, -0.2) is 0 Å². The van der Waals surface area contributed by atoms with Crippen molar-refractivity contribution in [3.8, 4) is 11.5 Å². The number of ether oxygens (including phenoxy) is 1. The quantitative estimate of drug-likeness (QED) is 0.431. The third-order valence-corrected chi connectivity index (χ3v) is 5.84. The van der Waals surface area contributed by atoms with E-state index in [1.54, 1.807) is 0 Å². The lowest BCUT2D eigenvalue weighted by molar-refractivity contribution is 0.482. The first-order valence-corrected chi connectivity index (χ1v) is 11.5. The van der Waals surface area contributed by atoms with Crippen LogP contribution in [-0.2, 0) is 0 Å². The number of hydrogen-bond acceptors (Lipinski definition) is 6. The molecule has 2 aliphatic heterocycles. The average Bonchev–Trinajstić information content (AvgIpc) is 3.65. The molecule has 0 radical (unpaired) electrons. The van der Waals surface area contributed by atoms with Gasteiger partial charge in [-0.2, -0.15) is 0 Å². The fraction of sp³-hybridized carbons (Fsp3) is 0.143. The van der Waals surface area contributed by atoms with Crippen LogP contribution in [-0.4, -0.2) is 37.9 Å². The summed E-state index contributed by atoms with van der Waals surface area (Å²) in [6, 6.07) is 24.2. The first-order valence-electron chi connectivity index (χ1n) is 11.5. The normalized spacial score (nSPS) is 15.3. The molecule has 4 aromatic rings. The maximum absolute atomic E-state index is 5.99. The molecule has 34 heavy (non-hydrogen) atoms. The highest BCUT2D eigenvalue weighted by Gasteiger charge is 2.10. The van der Waals surface area contributed by atoms with Crippen LogP contribution in [0.4, 0.5) is 0 Å². The lowest BCUT2D eigenvalue weighted by atomic mass is 10.1. The first-order chi connectivity index (χ1) is 16.8. The number of aliphatic imine (C=N–C) groups is 2. The van der Waals surface area contributed by atoms with E-state index < -0.39 is 0 Å². The number of hydrogen-bond donors (Lipinski definition) is 2. The van der Waals surface area contributed by atoms with E-state index in [9.17, 15) is 0 Å². The summed E-state index contributed by atoms with van der Waals surface area (Å²) < 4.78 is 12.0. The summed E-state index contributed by atoms with van der Waals surface area (Å²) in [6.07, 6.45) is 4.02. The molecule has 2 N–H and O–H groups in total. The summed E-state index contributed by atoms with van der Waals surface area (Å²) in [4.78, 5) is 8.94. The molecule has 0 bridgehead atoms. The van der Waals surface area contributed by atoms with Crippen LogP contribution in [0.2, 0.25) is 0 Å². The van der Waals surface area contributed by atoms with Crippen LogP contribution < -0.4 is 15.4 Å². The topological polar surface area (TPSA) is 71.2 Å². The van der Waals surface area contributed by atoms with E-state index >= 15 is 0 Å². The largest absolute Gasteiger partial charge is 0.457 e.